The molecule has 1 aromatic carbocycles. The van der Waals surface area contributed by atoms with Gasteiger partial charge < -0.3 is 19.8 Å². The van der Waals surface area contributed by atoms with Crippen molar-refractivity contribution in [3.63, 3.8) is 0 Å². The van der Waals surface area contributed by atoms with E-state index in [0.29, 0.717) is 0 Å². The van der Waals surface area contributed by atoms with Crippen LogP contribution in [0.2, 0.25) is 0 Å². The number of aliphatic carboxylic acids is 2. The van der Waals surface area contributed by atoms with Crippen LogP contribution in [0.4, 0.5) is 0 Å². The third-order valence-corrected chi connectivity index (χ3v) is 2.74. The number of hydrogen-bond acceptors (Lipinski definition) is 4. The maximum Gasteiger partial charge on any atom is 1.00 e. The number of benzene rings is 1. The number of carbonyl (C=O) groups excluding carboxylic acids is 2. The van der Waals surface area contributed by atoms with E-state index in [4.69, 9.17) is 0 Å². The topological polar surface area (TPSA) is 80.3 Å². The standard InChI is InChI=1S/C12H14O4.K.Na/c1-8(2)12(10(13)14,11(15)16)9-6-4-3-5-7-9;;/h3-8H,1-2H3,(H,13,14)(H,15,16);;/q;2*+1/p-2. The summed E-state index contributed by atoms with van der Waals surface area (Å²) in [6.45, 7) is 3.02. The zero-order chi connectivity index (χ0) is 12.3. The summed E-state index contributed by atoms with van der Waals surface area (Å²) < 4.78 is 0. The summed E-state index contributed by atoms with van der Waals surface area (Å²) in [5.41, 5.74) is -1.92. The zero-order valence-electron chi connectivity index (χ0n) is 11.1. The van der Waals surface area contributed by atoms with E-state index >= 15 is 0 Å². The molecule has 0 aliphatic carbocycles. The molecule has 1 aromatic rings. The Labute approximate surface area is 171 Å². The average Bonchev–Trinajstić information content (AvgIpc) is 2.18. The van der Waals surface area contributed by atoms with Crippen LogP contribution in [0.5, 0.6) is 0 Å². The normalized spacial score (nSPS) is 10.2. The monoisotopic (exact) mass is 282 g/mol. The van der Waals surface area contributed by atoms with E-state index in [9.17, 15) is 19.8 Å². The number of rotatable bonds is 4. The fraction of sp³-hybridized carbons (Fsp3) is 0.333. The van der Waals surface area contributed by atoms with Crippen molar-refractivity contribution in [2.75, 3.05) is 0 Å². The van der Waals surface area contributed by atoms with Gasteiger partial charge in [-0.05, 0) is 11.5 Å². The molecule has 18 heavy (non-hydrogen) atoms. The van der Waals surface area contributed by atoms with Gasteiger partial charge in [0.25, 0.3) is 0 Å². The zero-order valence-corrected chi connectivity index (χ0v) is 16.2. The molecule has 0 heterocycles. The van der Waals surface area contributed by atoms with E-state index in [1.54, 1.807) is 18.2 Å². The molecule has 0 spiro atoms. The van der Waals surface area contributed by atoms with Crippen LogP contribution in [-0.4, -0.2) is 11.9 Å². The molecule has 1 rings (SSSR count). The van der Waals surface area contributed by atoms with E-state index < -0.39 is 23.3 Å². The smallest absolute Gasteiger partial charge is 0.549 e. The average molecular weight is 282 g/mol. The third-order valence-electron chi connectivity index (χ3n) is 2.74. The van der Waals surface area contributed by atoms with Crippen LogP contribution >= 0.6 is 0 Å². The van der Waals surface area contributed by atoms with Crippen molar-refractivity contribution < 1.29 is 101 Å². The molecule has 0 bridgehead atoms. The molecule has 0 unspecified atom stereocenters. The Morgan fingerprint density at radius 1 is 1.06 bits per heavy atom. The summed E-state index contributed by atoms with van der Waals surface area (Å²) in [7, 11) is 0. The summed E-state index contributed by atoms with van der Waals surface area (Å²) in [6, 6.07) is 7.74. The first-order valence-corrected chi connectivity index (χ1v) is 4.92. The van der Waals surface area contributed by atoms with E-state index in [0.717, 1.165) is 0 Å². The van der Waals surface area contributed by atoms with Gasteiger partial charge in [0.05, 0.1) is 17.4 Å². The second-order valence-electron chi connectivity index (χ2n) is 3.90. The number of carbonyl (C=O) groups is 2. The van der Waals surface area contributed by atoms with Crippen molar-refractivity contribution in [1.29, 1.82) is 0 Å². The van der Waals surface area contributed by atoms with Gasteiger partial charge in [-0.2, -0.15) is 0 Å². The first kappa shape index (κ1) is 21.1. The quantitative estimate of drug-likeness (QED) is 0.406. The predicted octanol–water partition coefficient (Wildman–Crippen LogP) is -6.91. The van der Waals surface area contributed by atoms with Crippen LogP contribution in [0.1, 0.15) is 19.4 Å². The summed E-state index contributed by atoms with van der Waals surface area (Å²) in [5.74, 6) is -3.95. The Hall–Kier alpha value is 0.796. The third kappa shape index (κ3) is 3.90. The van der Waals surface area contributed by atoms with Gasteiger partial charge >= 0.3 is 80.9 Å². The van der Waals surface area contributed by atoms with E-state index in [2.05, 4.69) is 0 Å². The Kier molecular flexibility index (Phi) is 10.4. The molecular weight excluding hydrogens is 270 g/mol. The molecule has 0 fully saturated rings. The minimum Gasteiger partial charge on any atom is -0.549 e. The van der Waals surface area contributed by atoms with Gasteiger partial charge in [-0.25, -0.2) is 0 Å². The van der Waals surface area contributed by atoms with Crippen molar-refractivity contribution in [3.05, 3.63) is 35.9 Å². The van der Waals surface area contributed by atoms with Crippen molar-refractivity contribution in [2.24, 2.45) is 5.92 Å². The Morgan fingerprint density at radius 3 is 1.72 bits per heavy atom. The molecule has 6 heteroatoms. The summed E-state index contributed by atoms with van der Waals surface area (Å²) in [4.78, 5) is 22.3. The molecule has 0 aromatic heterocycles. The number of carboxylic acid groups (broad SMARTS) is 2. The molecular formula is C12H12KNaO4. The van der Waals surface area contributed by atoms with Crippen molar-refractivity contribution in [3.8, 4) is 0 Å². The molecule has 0 amide bonds. The van der Waals surface area contributed by atoms with Gasteiger partial charge in [0.15, 0.2) is 0 Å². The van der Waals surface area contributed by atoms with E-state index in [-0.39, 0.29) is 86.5 Å². The number of hydrogen-bond donors (Lipinski definition) is 0. The molecule has 0 N–H and O–H groups in total. The summed E-state index contributed by atoms with van der Waals surface area (Å²) in [6.07, 6.45) is 0. The van der Waals surface area contributed by atoms with Gasteiger partial charge in [0.2, 0.25) is 0 Å². The molecule has 0 saturated heterocycles. The Balaban J connectivity index is 0. The van der Waals surface area contributed by atoms with Crippen molar-refractivity contribution in [2.45, 2.75) is 19.3 Å². The van der Waals surface area contributed by atoms with Gasteiger partial charge in [-0.1, -0.05) is 44.2 Å². The van der Waals surface area contributed by atoms with Crippen LogP contribution in [0.3, 0.4) is 0 Å². The first-order chi connectivity index (χ1) is 7.44. The van der Waals surface area contributed by atoms with Gasteiger partial charge in [-0.15, -0.1) is 0 Å². The van der Waals surface area contributed by atoms with Gasteiger partial charge in [0.1, 0.15) is 0 Å². The van der Waals surface area contributed by atoms with Crippen molar-refractivity contribution >= 4 is 11.9 Å². The van der Waals surface area contributed by atoms with E-state index in [1.807, 2.05) is 0 Å². The fourth-order valence-electron chi connectivity index (χ4n) is 1.82. The van der Waals surface area contributed by atoms with Gasteiger partial charge in [0, 0.05) is 0 Å². The van der Waals surface area contributed by atoms with Crippen LogP contribution in [0.15, 0.2) is 30.3 Å². The molecule has 0 saturated carbocycles. The Bertz CT molecular complexity index is 392. The molecule has 0 aliphatic rings. The summed E-state index contributed by atoms with van der Waals surface area (Å²) >= 11 is 0. The second-order valence-corrected chi connectivity index (χ2v) is 3.90. The molecule has 86 valence electrons. The molecule has 0 radical (unpaired) electrons. The maximum absolute atomic E-state index is 11.2. The Morgan fingerprint density at radius 2 is 1.44 bits per heavy atom. The summed E-state index contributed by atoms with van der Waals surface area (Å²) in [5, 5.41) is 22.3. The predicted molar refractivity (Wildman–Crippen MR) is 53.0 cm³/mol. The largest absolute Gasteiger partial charge is 1.00 e. The van der Waals surface area contributed by atoms with Gasteiger partial charge in [-0.3, -0.25) is 0 Å². The molecule has 0 aliphatic heterocycles. The SMILES string of the molecule is CC(C)C(C(=O)[O-])(C(=O)[O-])c1ccccc1.[K+].[Na+]. The van der Waals surface area contributed by atoms with Crippen LogP contribution in [0, 0.1) is 5.92 Å². The maximum atomic E-state index is 11.2. The van der Waals surface area contributed by atoms with Crippen molar-refractivity contribution in [1.82, 2.24) is 0 Å². The number of carboxylic acids is 2. The van der Waals surface area contributed by atoms with Crippen LogP contribution < -0.4 is 91.2 Å². The first-order valence-electron chi connectivity index (χ1n) is 4.92. The molecule has 4 nitrogen and oxygen atoms in total. The minimum absolute atomic E-state index is 0. The van der Waals surface area contributed by atoms with E-state index in [1.165, 1.54) is 26.0 Å². The van der Waals surface area contributed by atoms with Crippen LogP contribution in [0.25, 0.3) is 0 Å². The second kappa shape index (κ2) is 8.87. The molecule has 0 atom stereocenters. The minimum atomic E-state index is -2.10. The fourth-order valence-corrected chi connectivity index (χ4v) is 1.82. The van der Waals surface area contributed by atoms with Crippen LogP contribution in [-0.2, 0) is 15.0 Å².